The second kappa shape index (κ2) is 9.54. The number of benzene rings is 3. The topological polar surface area (TPSA) is 56.2 Å². The van der Waals surface area contributed by atoms with E-state index in [1.807, 2.05) is 68.6 Å². The molecule has 2 aliphatic rings. The van der Waals surface area contributed by atoms with Crippen LogP contribution in [0.15, 0.2) is 72.6 Å². The van der Waals surface area contributed by atoms with E-state index in [0.29, 0.717) is 29.7 Å². The molecule has 8 heteroatoms. The summed E-state index contributed by atoms with van der Waals surface area (Å²) in [6.45, 7) is 5.43. The molecule has 0 spiro atoms. The van der Waals surface area contributed by atoms with Crippen molar-refractivity contribution in [2.75, 3.05) is 25.3 Å². The molecule has 1 amide bonds. The van der Waals surface area contributed by atoms with Gasteiger partial charge in [-0.25, -0.2) is 0 Å². The molecule has 0 atom stereocenters. The summed E-state index contributed by atoms with van der Waals surface area (Å²) < 4.78 is 19.0. The zero-order chi connectivity index (χ0) is 26.4. The van der Waals surface area contributed by atoms with Crippen molar-refractivity contribution in [2.45, 2.75) is 20.4 Å². The van der Waals surface area contributed by atoms with E-state index in [-0.39, 0.29) is 12.7 Å². The highest BCUT2D eigenvalue weighted by atomic mass is 32.1. The first-order valence-electron chi connectivity index (χ1n) is 12.4. The number of hydrogen-bond donors (Lipinski definition) is 0. The van der Waals surface area contributed by atoms with E-state index in [0.717, 1.165) is 39.2 Å². The van der Waals surface area contributed by atoms with Crippen molar-refractivity contribution >= 4 is 45.9 Å². The fourth-order valence-corrected chi connectivity index (χ4v) is 5.09. The first kappa shape index (κ1) is 24.1. The van der Waals surface area contributed by atoms with Crippen molar-refractivity contribution in [1.82, 2.24) is 9.47 Å². The van der Waals surface area contributed by atoms with Gasteiger partial charge >= 0.3 is 0 Å². The number of hydrogen-bond acceptors (Lipinski definition) is 5. The van der Waals surface area contributed by atoms with E-state index >= 15 is 0 Å². The highest BCUT2D eigenvalue weighted by molar-refractivity contribution is 7.80. The van der Waals surface area contributed by atoms with Gasteiger partial charge in [0.15, 0.2) is 16.6 Å². The van der Waals surface area contributed by atoms with Crippen LogP contribution >= 0.6 is 12.2 Å². The minimum atomic E-state index is -0.135. The zero-order valence-electron chi connectivity index (χ0n) is 21.4. The molecule has 192 valence electrons. The molecule has 0 radical (unpaired) electrons. The molecule has 3 heterocycles. The SMILES string of the molecule is Cc1ccc(N2C(=O)/C(=C/c3cn(CCOc4ccc5c(c4)OCO5)c4ccccc34)N(C)C2=S)cc1C. The Hall–Kier alpha value is -4.30. The molecule has 0 aliphatic carbocycles. The molecule has 38 heavy (non-hydrogen) atoms. The standard InChI is InChI=1S/C30H27N3O4S/c1-19-8-9-22(14-20(19)2)33-29(34)26(31(3)30(33)38)15-21-17-32(25-7-5-4-6-24(21)25)12-13-35-23-10-11-27-28(16-23)37-18-36-27/h4-11,14-17H,12-13,18H2,1-3H3/b26-15-. The van der Waals surface area contributed by atoms with Crippen LogP contribution in [-0.2, 0) is 11.3 Å². The van der Waals surface area contributed by atoms with Crippen molar-refractivity contribution in [3.8, 4) is 17.2 Å². The fraction of sp³-hybridized carbons (Fsp3) is 0.200. The van der Waals surface area contributed by atoms with Crippen LogP contribution in [-0.4, -0.2) is 40.9 Å². The van der Waals surface area contributed by atoms with Gasteiger partial charge in [0.05, 0.1) is 12.2 Å². The van der Waals surface area contributed by atoms with E-state index in [1.165, 1.54) is 5.56 Å². The summed E-state index contributed by atoms with van der Waals surface area (Å²) in [6, 6.07) is 19.7. The van der Waals surface area contributed by atoms with Crippen LogP contribution in [0.2, 0.25) is 0 Å². The Labute approximate surface area is 226 Å². The molecule has 1 saturated heterocycles. The van der Waals surface area contributed by atoms with Crippen LogP contribution in [0.25, 0.3) is 17.0 Å². The molecule has 0 saturated carbocycles. The number of thiocarbonyl (C=S) groups is 1. The van der Waals surface area contributed by atoms with Gasteiger partial charge in [-0.3, -0.25) is 9.69 Å². The van der Waals surface area contributed by atoms with Crippen molar-refractivity contribution in [2.24, 2.45) is 0 Å². The van der Waals surface area contributed by atoms with Gasteiger partial charge in [0.25, 0.3) is 5.91 Å². The predicted octanol–water partition coefficient (Wildman–Crippen LogP) is 5.67. The number of carbonyl (C=O) groups is 1. The number of rotatable bonds is 6. The summed E-state index contributed by atoms with van der Waals surface area (Å²) in [5, 5.41) is 1.52. The lowest BCUT2D eigenvalue weighted by Crippen LogP contribution is -2.31. The van der Waals surface area contributed by atoms with E-state index in [4.69, 9.17) is 26.4 Å². The predicted molar refractivity (Wildman–Crippen MR) is 152 cm³/mol. The van der Waals surface area contributed by atoms with Crippen LogP contribution in [0.3, 0.4) is 0 Å². The van der Waals surface area contributed by atoms with Crippen LogP contribution in [0, 0.1) is 13.8 Å². The Balaban J connectivity index is 1.26. The first-order chi connectivity index (χ1) is 18.4. The third-order valence-electron chi connectivity index (χ3n) is 7.07. The molecular weight excluding hydrogens is 498 g/mol. The summed E-state index contributed by atoms with van der Waals surface area (Å²) in [5.41, 5.74) is 5.61. The highest BCUT2D eigenvalue weighted by Crippen LogP contribution is 2.35. The van der Waals surface area contributed by atoms with Crippen molar-refractivity contribution in [1.29, 1.82) is 0 Å². The lowest BCUT2D eigenvalue weighted by molar-refractivity contribution is -0.114. The van der Waals surface area contributed by atoms with Gasteiger partial charge in [-0.1, -0.05) is 24.3 Å². The number of nitrogens with zero attached hydrogens (tertiary/aromatic N) is 3. The molecule has 0 bridgehead atoms. The maximum atomic E-state index is 13.6. The van der Waals surface area contributed by atoms with Gasteiger partial charge in [0.2, 0.25) is 6.79 Å². The monoisotopic (exact) mass is 525 g/mol. The number of fused-ring (bicyclic) bond motifs is 2. The van der Waals surface area contributed by atoms with E-state index < -0.39 is 0 Å². The lowest BCUT2D eigenvalue weighted by atomic mass is 10.1. The second-order valence-corrected chi connectivity index (χ2v) is 9.80. The van der Waals surface area contributed by atoms with E-state index in [2.05, 4.69) is 29.8 Å². The normalized spacial score (nSPS) is 15.8. The van der Waals surface area contributed by atoms with Crippen molar-refractivity contribution in [3.63, 3.8) is 0 Å². The Kier molecular flexibility index (Phi) is 6.04. The third-order valence-corrected chi connectivity index (χ3v) is 7.52. The molecule has 3 aromatic carbocycles. The average Bonchev–Trinajstić information content (AvgIpc) is 3.58. The molecule has 1 fully saturated rings. The first-order valence-corrected chi connectivity index (χ1v) is 12.8. The van der Waals surface area contributed by atoms with Gasteiger partial charge < -0.3 is 23.7 Å². The van der Waals surface area contributed by atoms with Crippen molar-refractivity contribution < 1.29 is 19.0 Å². The number of likely N-dealkylation sites (N-methyl/N-ethyl adjacent to an activating group) is 1. The number of amides is 1. The number of anilines is 1. The van der Waals surface area contributed by atoms with Gasteiger partial charge in [0, 0.05) is 35.8 Å². The maximum Gasteiger partial charge on any atom is 0.281 e. The Morgan fingerprint density at radius 1 is 1.00 bits per heavy atom. The smallest absolute Gasteiger partial charge is 0.281 e. The van der Waals surface area contributed by atoms with Crippen LogP contribution in [0.1, 0.15) is 16.7 Å². The largest absolute Gasteiger partial charge is 0.492 e. The average molecular weight is 526 g/mol. The minimum absolute atomic E-state index is 0.135. The van der Waals surface area contributed by atoms with Gasteiger partial charge in [-0.05, 0) is 73.6 Å². The zero-order valence-corrected chi connectivity index (χ0v) is 22.2. The highest BCUT2D eigenvalue weighted by Gasteiger charge is 2.37. The number of carbonyl (C=O) groups excluding carboxylic acids is 1. The van der Waals surface area contributed by atoms with Gasteiger partial charge in [-0.2, -0.15) is 0 Å². The van der Waals surface area contributed by atoms with Crippen LogP contribution in [0.5, 0.6) is 17.2 Å². The van der Waals surface area contributed by atoms with E-state index in [1.54, 1.807) is 9.80 Å². The molecule has 2 aliphatic heterocycles. The quantitative estimate of drug-likeness (QED) is 0.239. The minimum Gasteiger partial charge on any atom is -0.492 e. The molecule has 6 rings (SSSR count). The molecule has 0 unspecified atom stereocenters. The molecule has 4 aromatic rings. The summed E-state index contributed by atoms with van der Waals surface area (Å²) in [5.74, 6) is 2.02. The maximum absolute atomic E-state index is 13.6. The number of aromatic nitrogens is 1. The Bertz CT molecular complexity index is 1620. The summed E-state index contributed by atoms with van der Waals surface area (Å²) >= 11 is 5.68. The summed E-state index contributed by atoms with van der Waals surface area (Å²) in [6.07, 6.45) is 3.98. The van der Waals surface area contributed by atoms with Gasteiger partial charge in [-0.15, -0.1) is 0 Å². The molecular formula is C30H27N3O4S. The lowest BCUT2D eigenvalue weighted by Gasteiger charge is -2.17. The fourth-order valence-electron chi connectivity index (χ4n) is 4.80. The third kappa shape index (κ3) is 4.16. The van der Waals surface area contributed by atoms with Crippen LogP contribution < -0.4 is 19.1 Å². The van der Waals surface area contributed by atoms with Gasteiger partial charge in [0.1, 0.15) is 18.1 Å². The number of para-hydroxylation sites is 1. The van der Waals surface area contributed by atoms with E-state index in [9.17, 15) is 4.79 Å². The Morgan fingerprint density at radius 2 is 1.82 bits per heavy atom. The van der Waals surface area contributed by atoms with Crippen LogP contribution in [0.4, 0.5) is 5.69 Å². The second-order valence-electron chi connectivity index (χ2n) is 9.44. The summed E-state index contributed by atoms with van der Waals surface area (Å²) in [4.78, 5) is 16.9. The number of aryl methyl sites for hydroxylation is 2. The van der Waals surface area contributed by atoms with Crippen molar-refractivity contribution in [3.05, 3.63) is 89.2 Å². The number of ether oxygens (including phenoxy) is 3. The Morgan fingerprint density at radius 3 is 2.66 bits per heavy atom. The molecule has 7 nitrogen and oxygen atoms in total. The summed E-state index contributed by atoms with van der Waals surface area (Å²) in [7, 11) is 1.84. The molecule has 0 N–H and O–H groups in total. The molecule has 1 aromatic heterocycles.